The molecule has 0 radical (unpaired) electrons. The lowest BCUT2D eigenvalue weighted by Crippen LogP contribution is -2.13. The summed E-state index contributed by atoms with van der Waals surface area (Å²) in [5.74, 6) is 0. The zero-order valence-corrected chi connectivity index (χ0v) is 9.00. The molecule has 2 aromatic heterocycles. The first kappa shape index (κ1) is 9.54. The highest BCUT2D eigenvalue weighted by atomic mass is 15.1. The molecule has 3 rings (SSSR count). The molecule has 0 aliphatic carbocycles. The van der Waals surface area contributed by atoms with Crippen LogP contribution < -0.4 is 5.32 Å². The van der Waals surface area contributed by atoms with Crippen LogP contribution in [0, 0.1) is 0 Å². The van der Waals surface area contributed by atoms with Gasteiger partial charge in [-0.2, -0.15) is 0 Å². The minimum absolute atomic E-state index is 0.533. The van der Waals surface area contributed by atoms with Gasteiger partial charge < -0.3 is 9.88 Å². The van der Waals surface area contributed by atoms with Crippen molar-refractivity contribution in [3.8, 4) is 11.3 Å². The van der Waals surface area contributed by atoms with Crippen LogP contribution in [0.3, 0.4) is 0 Å². The molecular weight excluding hydrogens is 200 g/mol. The van der Waals surface area contributed by atoms with Crippen molar-refractivity contribution in [3.05, 3.63) is 37.1 Å². The fourth-order valence-electron chi connectivity index (χ4n) is 2.22. The molecule has 1 saturated heterocycles. The Kier molecular flexibility index (Phi) is 2.42. The van der Waals surface area contributed by atoms with Gasteiger partial charge in [-0.25, -0.2) is 4.98 Å². The van der Waals surface area contributed by atoms with E-state index in [4.69, 9.17) is 0 Å². The maximum atomic E-state index is 4.26. The van der Waals surface area contributed by atoms with Crippen molar-refractivity contribution >= 4 is 0 Å². The van der Waals surface area contributed by atoms with Crippen LogP contribution in [0.25, 0.3) is 11.3 Å². The second-order valence-electron chi connectivity index (χ2n) is 4.07. The number of pyridine rings is 1. The van der Waals surface area contributed by atoms with E-state index < -0.39 is 0 Å². The van der Waals surface area contributed by atoms with Gasteiger partial charge in [-0.1, -0.05) is 0 Å². The summed E-state index contributed by atoms with van der Waals surface area (Å²) in [7, 11) is 0. The molecule has 0 bridgehead atoms. The maximum Gasteiger partial charge on any atom is 0.0954 e. The lowest BCUT2D eigenvalue weighted by Gasteiger charge is -2.14. The van der Waals surface area contributed by atoms with Gasteiger partial charge in [-0.3, -0.25) is 4.98 Å². The van der Waals surface area contributed by atoms with Crippen molar-refractivity contribution in [1.82, 2.24) is 19.9 Å². The third kappa shape index (κ3) is 1.61. The Bertz CT molecular complexity index is 457. The van der Waals surface area contributed by atoms with Crippen molar-refractivity contribution in [1.29, 1.82) is 0 Å². The molecule has 0 spiro atoms. The summed E-state index contributed by atoms with van der Waals surface area (Å²) in [6, 6.07) is 4.58. The van der Waals surface area contributed by atoms with Crippen LogP contribution >= 0.6 is 0 Å². The highest BCUT2D eigenvalue weighted by Crippen LogP contribution is 2.24. The van der Waals surface area contributed by atoms with E-state index >= 15 is 0 Å². The molecule has 82 valence electrons. The second-order valence-corrected chi connectivity index (χ2v) is 4.07. The fourth-order valence-corrected chi connectivity index (χ4v) is 2.22. The average Bonchev–Trinajstić information content (AvgIpc) is 3.01. The molecule has 1 unspecified atom stereocenters. The van der Waals surface area contributed by atoms with Crippen LogP contribution in [0.5, 0.6) is 0 Å². The van der Waals surface area contributed by atoms with E-state index in [0.29, 0.717) is 6.04 Å². The molecule has 1 aliphatic heterocycles. The number of nitrogens with one attached hydrogen (secondary N) is 1. The van der Waals surface area contributed by atoms with Crippen molar-refractivity contribution in [3.63, 3.8) is 0 Å². The third-order valence-electron chi connectivity index (χ3n) is 3.07. The van der Waals surface area contributed by atoms with E-state index in [1.54, 1.807) is 0 Å². The molecule has 4 heteroatoms. The molecule has 0 saturated carbocycles. The lowest BCUT2D eigenvalue weighted by atomic mass is 10.2. The van der Waals surface area contributed by atoms with E-state index in [9.17, 15) is 0 Å². The molecule has 1 fully saturated rings. The van der Waals surface area contributed by atoms with Gasteiger partial charge in [-0.05, 0) is 25.1 Å². The third-order valence-corrected chi connectivity index (χ3v) is 3.07. The van der Waals surface area contributed by atoms with Crippen LogP contribution in [0.4, 0.5) is 0 Å². The topological polar surface area (TPSA) is 42.7 Å². The summed E-state index contributed by atoms with van der Waals surface area (Å²) in [6.45, 7) is 2.13. The number of aromatic nitrogens is 3. The predicted octanol–water partition coefficient (Wildman–Crippen LogP) is 1.48. The maximum absolute atomic E-state index is 4.26. The summed E-state index contributed by atoms with van der Waals surface area (Å²) in [4.78, 5) is 8.30. The van der Waals surface area contributed by atoms with E-state index in [2.05, 4.69) is 19.9 Å². The second kappa shape index (κ2) is 4.06. The first-order valence-corrected chi connectivity index (χ1v) is 5.58. The Morgan fingerprint density at radius 2 is 2.12 bits per heavy atom. The summed E-state index contributed by atoms with van der Waals surface area (Å²) in [5, 5.41) is 3.38. The average molecular weight is 214 g/mol. The standard InChI is InChI=1S/C12H14N4/c1-4-13-5-2-10(1)12-8-15-9-16(12)11-3-6-14-7-11/h1-2,4-5,8-9,11,14H,3,6-7H2. The van der Waals surface area contributed by atoms with E-state index in [0.717, 1.165) is 13.1 Å². The van der Waals surface area contributed by atoms with Crippen molar-refractivity contribution < 1.29 is 0 Å². The van der Waals surface area contributed by atoms with Gasteiger partial charge >= 0.3 is 0 Å². The van der Waals surface area contributed by atoms with Crippen molar-refractivity contribution in [2.24, 2.45) is 0 Å². The van der Waals surface area contributed by atoms with Gasteiger partial charge in [-0.15, -0.1) is 0 Å². The smallest absolute Gasteiger partial charge is 0.0954 e. The van der Waals surface area contributed by atoms with Gasteiger partial charge in [0.25, 0.3) is 0 Å². The van der Waals surface area contributed by atoms with Crippen molar-refractivity contribution in [2.75, 3.05) is 13.1 Å². The molecule has 1 atom stereocenters. The van der Waals surface area contributed by atoms with E-state index in [1.807, 2.05) is 37.1 Å². The van der Waals surface area contributed by atoms with Crippen LogP contribution in [-0.4, -0.2) is 27.6 Å². The number of nitrogens with zero attached hydrogens (tertiary/aromatic N) is 3. The minimum Gasteiger partial charge on any atom is -0.326 e. The molecule has 4 nitrogen and oxygen atoms in total. The highest BCUT2D eigenvalue weighted by Gasteiger charge is 2.18. The Labute approximate surface area is 94.4 Å². The predicted molar refractivity (Wildman–Crippen MR) is 62.0 cm³/mol. The molecular formula is C12H14N4. The van der Waals surface area contributed by atoms with Gasteiger partial charge in [0.1, 0.15) is 0 Å². The molecule has 1 aliphatic rings. The molecule has 0 amide bonds. The minimum atomic E-state index is 0.533. The van der Waals surface area contributed by atoms with E-state index in [-0.39, 0.29) is 0 Å². The lowest BCUT2D eigenvalue weighted by molar-refractivity contribution is 0.551. The quantitative estimate of drug-likeness (QED) is 0.823. The van der Waals surface area contributed by atoms with Crippen LogP contribution in [0.15, 0.2) is 37.1 Å². The molecule has 0 aromatic carbocycles. The largest absolute Gasteiger partial charge is 0.326 e. The summed E-state index contributed by atoms with van der Waals surface area (Å²) in [5.41, 5.74) is 2.36. The SMILES string of the molecule is c1cc(-c2cncn2C2CCNC2)ccn1. The molecule has 2 aromatic rings. The number of hydrogen-bond donors (Lipinski definition) is 1. The van der Waals surface area contributed by atoms with Gasteiger partial charge in [0.05, 0.1) is 18.2 Å². The first-order chi connectivity index (χ1) is 7.95. The molecule has 16 heavy (non-hydrogen) atoms. The summed E-state index contributed by atoms with van der Waals surface area (Å²) in [6.07, 6.45) is 8.66. The van der Waals surface area contributed by atoms with Crippen LogP contribution in [0.2, 0.25) is 0 Å². The normalized spacial score (nSPS) is 20.1. The highest BCUT2D eigenvalue weighted by molar-refractivity contribution is 5.58. The Balaban J connectivity index is 1.99. The number of imidazole rings is 1. The Morgan fingerprint density at radius 3 is 2.88 bits per heavy atom. The van der Waals surface area contributed by atoms with Crippen molar-refractivity contribution in [2.45, 2.75) is 12.5 Å². The number of hydrogen-bond acceptors (Lipinski definition) is 3. The zero-order valence-electron chi connectivity index (χ0n) is 9.00. The Hall–Kier alpha value is -1.68. The van der Waals surface area contributed by atoms with Gasteiger partial charge in [0.15, 0.2) is 0 Å². The summed E-state index contributed by atoms with van der Waals surface area (Å²) < 4.78 is 2.26. The number of rotatable bonds is 2. The van der Waals surface area contributed by atoms with Gasteiger partial charge in [0.2, 0.25) is 0 Å². The first-order valence-electron chi connectivity index (χ1n) is 5.58. The molecule has 3 heterocycles. The van der Waals surface area contributed by atoms with Gasteiger partial charge in [0, 0.05) is 30.5 Å². The fraction of sp³-hybridized carbons (Fsp3) is 0.333. The summed E-state index contributed by atoms with van der Waals surface area (Å²) >= 11 is 0. The van der Waals surface area contributed by atoms with E-state index in [1.165, 1.54) is 17.7 Å². The van der Waals surface area contributed by atoms with Crippen LogP contribution in [-0.2, 0) is 0 Å². The Morgan fingerprint density at radius 1 is 1.25 bits per heavy atom. The van der Waals surface area contributed by atoms with Crippen LogP contribution in [0.1, 0.15) is 12.5 Å². The zero-order chi connectivity index (χ0) is 10.8. The molecule has 1 N–H and O–H groups in total. The monoisotopic (exact) mass is 214 g/mol.